The molecule has 5 heterocycles. The predicted molar refractivity (Wildman–Crippen MR) is 294 cm³/mol. The maximum atomic E-state index is 12.1. The van der Waals surface area contributed by atoms with E-state index >= 15 is 0 Å². The first-order chi connectivity index (χ1) is 38.7. The summed E-state index contributed by atoms with van der Waals surface area (Å²) in [6.07, 6.45) is 8.48. The molecule has 4 aromatic rings. The van der Waals surface area contributed by atoms with E-state index in [1.807, 2.05) is 72.9 Å². The van der Waals surface area contributed by atoms with Crippen LogP contribution in [0.15, 0.2) is 188 Å². The molecule has 0 aromatic heterocycles. The zero-order valence-electron chi connectivity index (χ0n) is 43.5. The summed E-state index contributed by atoms with van der Waals surface area (Å²) in [5.74, 6) is -2.17. The predicted octanol–water partition coefficient (Wildman–Crippen LogP) is 5.34. The van der Waals surface area contributed by atoms with Crippen LogP contribution in [-0.4, -0.2) is 146 Å². The van der Waals surface area contributed by atoms with E-state index in [0.29, 0.717) is 113 Å². The van der Waals surface area contributed by atoms with Gasteiger partial charge in [0.25, 0.3) is 0 Å². The molecule has 80 heavy (non-hydrogen) atoms. The van der Waals surface area contributed by atoms with Crippen molar-refractivity contribution >= 4 is 69.0 Å². The molecular formula is C60H52N4O16. The molecule has 4 aromatic carbocycles. The van der Waals surface area contributed by atoms with Crippen molar-refractivity contribution in [1.29, 1.82) is 0 Å². The van der Waals surface area contributed by atoms with Gasteiger partial charge in [-0.15, -0.1) is 0 Å². The van der Waals surface area contributed by atoms with Crippen LogP contribution in [0.25, 0.3) is 22.3 Å². The second-order valence-electron chi connectivity index (χ2n) is 17.9. The summed E-state index contributed by atoms with van der Waals surface area (Å²) in [6.45, 7) is -1.57. The normalized spacial score (nSPS) is 16.6. The molecule has 0 saturated carbocycles. The van der Waals surface area contributed by atoms with Crippen LogP contribution in [0.2, 0.25) is 0 Å². The maximum absolute atomic E-state index is 12.1. The number of hydrogen-bond acceptors (Lipinski definition) is 20. The van der Waals surface area contributed by atoms with Gasteiger partial charge in [0.2, 0.25) is 0 Å². The van der Waals surface area contributed by atoms with Gasteiger partial charge in [-0.2, -0.15) is 0 Å². The zero-order chi connectivity index (χ0) is 56.5. The third-order valence-electron chi connectivity index (χ3n) is 12.6. The minimum Gasteiger partial charge on any atom is -0.490 e. The summed E-state index contributed by atoms with van der Waals surface area (Å²) in [4.78, 5) is 69.6. The van der Waals surface area contributed by atoms with Gasteiger partial charge in [0, 0.05) is 22.3 Å². The average Bonchev–Trinajstić information content (AvgIpc) is 4.40. The summed E-state index contributed by atoms with van der Waals surface area (Å²) >= 11 is 0. The SMILES string of the molecule is COC(=O)C(O)COc1cccc(C2=C3C=CC(=N3)C(c3cccc(OCC(O)C(=O)OC)c3)=C3C=CC(=N3)C(c3cccc(OCC(O)C(=O)OC)c3)=C3C=CC(=N3)C(c3cccc(OCC(O)C(=O)OC)c3)=C3C=CC2=N3)c1. The molecular weight excluding hydrogens is 1030 g/mol. The van der Waals surface area contributed by atoms with Gasteiger partial charge in [-0.1, -0.05) is 48.5 Å². The number of nitrogens with zero attached hydrogens (tertiary/aromatic N) is 4. The number of methoxy groups -OCH3 is 4. The Labute approximate surface area is 458 Å². The average molecular weight is 1090 g/mol. The van der Waals surface area contributed by atoms with Crippen LogP contribution >= 0.6 is 0 Å². The van der Waals surface area contributed by atoms with E-state index in [1.54, 1.807) is 72.8 Å². The Hall–Kier alpha value is -9.60. The Balaban J connectivity index is 1.26. The van der Waals surface area contributed by atoms with E-state index in [0.717, 1.165) is 0 Å². The number of esters is 4. The monoisotopic (exact) mass is 1080 g/mol. The van der Waals surface area contributed by atoms with Gasteiger partial charge in [0.15, 0.2) is 24.4 Å². The van der Waals surface area contributed by atoms with Crippen molar-refractivity contribution in [3.63, 3.8) is 0 Å². The summed E-state index contributed by atoms with van der Waals surface area (Å²) in [5, 5.41) is 41.6. The van der Waals surface area contributed by atoms with Gasteiger partial charge in [-0.05, 0) is 119 Å². The molecule has 20 nitrogen and oxygen atoms in total. The lowest BCUT2D eigenvalue weighted by Gasteiger charge is -2.15. The molecule has 5 aliphatic rings. The standard InChI is InChI=1S/C60H52N4O16/c1-73-57(69)49(65)29-77-37-13-5-9-33(25-37)53-41-17-19-43(61-41)54(34-10-6-14-38(26-34)78-30-50(66)58(70)74-2)45-21-23-47(63-45)56(36-12-8-16-40(28-36)80-32-52(68)60(72)76-4)48-24-22-46(64-48)55(44-20-18-42(53)62-44)35-11-7-15-39(27-35)79-31-51(67)59(71)75-3/h5-28,49-52,65-68H,29-32H2,1-4H3. The molecule has 0 saturated heterocycles. The Bertz CT molecular complexity index is 3090. The van der Waals surface area contributed by atoms with Gasteiger partial charge in [0.05, 0.1) is 74.1 Å². The highest BCUT2D eigenvalue weighted by Gasteiger charge is 2.29. The van der Waals surface area contributed by atoms with E-state index in [9.17, 15) is 39.6 Å². The van der Waals surface area contributed by atoms with Gasteiger partial charge >= 0.3 is 23.9 Å². The third kappa shape index (κ3) is 12.4. The van der Waals surface area contributed by atoms with Crippen molar-refractivity contribution in [2.75, 3.05) is 54.9 Å². The molecule has 9 rings (SSSR count). The lowest BCUT2D eigenvalue weighted by atomic mass is 9.98. The molecule has 8 bridgehead atoms. The molecule has 4 unspecified atom stereocenters. The summed E-state index contributed by atoms with van der Waals surface area (Å²) in [6, 6.07) is 28.0. The molecule has 5 aliphatic heterocycles. The molecule has 4 atom stereocenters. The Morgan fingerprint density at radius 2 is 0.562 bits per heavy atom. The third-order valence-corrected chi connectivity index (χ3v) is 12.6. The number of benzene rings is 4. The second-order valence-corrected chi connectivity index (χ2v) is 17.9. The fraction of sp³-hybridized carbons (Fsp3) is 0.200. The molecule has 4 N–H and O–H groups in total. The highest BCUT2D eigenvalue weighted by atomic mass is 16.6. The van der Waals surface area contributed by atoms with E-state index in [2.05, 4.69) is 18.9 Å². The molecule has 0 amide bonds. The van der Waals surface area contributed by atoms with Crippen molar-refractivity contribution in [2.45, 2.75) is 24.4 Å². The second kappa shape index (κ2) is 24.8. The number of aliphatic hydroxyl groups excluding tert-OH is 4. The van der Waals surface area contributed by atoms with Gasteiger partial charge in [0.1, 0.15) is 49.4 Å². The van der Waals surface area contributed by atoms with E-state index in [-0.39, 0.29) is 0 Å². The van der Waals surface area contributed by atoms with Crippen LogP contribution in [0.5, 0.6) is 23.0 Å². The number of aliphatic imine (C=N–C) groups is 4. The number of hydrogen-bond donors (Lipinski definition) is 4. The van der Waals surface area contributed by atoms with E-state index < -0.39 is 74.7 Å². The van der Waals surface area contributed by atoms with Crippen molar-refractivity contribution in [1.82, 2.24) is 0 Å². The largest absolute Gasteiger partial charge is 0.490 e. The summed E-state index contributed by atoms with van der Waals surface area (Å²) < 4.78 is 42.4. The molecule has 0 fully saturated rings. The maximum Gasteiger partial charge on any atom is 0.338 e. The van der Waals surface area contributed by atoms with Crippen LogP contribution in [0.3, 0.4) is 0 Å². The topological polar surface area (TPSA) is 272 Å². The number of aliphatic hydroxyl groups is 4. The van der Waals surface area contributed by atoms with Crippen molar-refractivity contribution in [3.05, 3.63) is 191 Å². The number of carbonyl (C=O) groups is 4. The van der Waals surface area contributed by atoms with Gasteiger partial charge in [-0.25, -0.2) is 39.1 Å². The molecule has 408 valence electrons. The molecule has 20 heteroatoms. The Morgan fingerprint density at radius 3 is 0.762 bits per heavy atom. The lowest BCUT2D eigenvalue weighted by molar-refractivity contribution is -0.152. The number of allylic oxidation sites excluding steroid dienone is 12. The van der Waals surface area contributed by atoms with Crippen molar-refractivity contribution in [2.24, 2.45) is 20.0 Å². The van der Waals surface area contributed by atoms with E-state index in [4.69, 9.17) is 38.9 Å². The zero-order valence-corrected chi connectivity index (χ0v) is 43.5. The van der Waals surface area contributed by atoms with Crippen LogP contribution in [0, 0.1) is 0 Å². The quantitative estimate of drug-likeness (QED) is 0.0642. The Morgan fingerprint density at radius 1 is 0.350 bits per heavy atom. The smallest absolute Gasteiger partial charge is 0.338 e. The first-order valence-corrected chi connectivity index (χ1v) is 24.8. The first kappa shape index (κ1) is 55.2. The van der Waals surface area contributed by atoms with Crippen molar-refractivity contribution in [3.8, 4) is 23.0 Å². The minimum atomic E-state index is -1.55. The van der Waals surface area contributed by atoms with Crippen molar-refractivity contribution < 1.29 is 77.5 Å². The first-order valence-electron chi connectivity index (χ1n) is 24.8. The van der Waals surface area contributed by atoms with Gasteiger partial charge < -0.3 is 58.3 Å². The number of rotatable bonds is 20. The van der Waals surface area contributed by atoms with E-state index in [1.165, 1.54) is 28.4 Å². The van der Waals surface area contributed by atoms with Crippen LogP contribution in [0.1, 0.15) is 22.3 Å². The van der Waals surface area contributed by atoms with Gasteiger partial charge in [-0.3, -0.25) is 0 Å². The number of fused-ring (bicyclic) bond motifs is 4. The fourth-order valence-electron chi connectivity index (χ4n) is 8.75. The minimum absolute atomic E-state index is 0.316. The highest BCUT2D eigenvalue weighted by Crippen LogP contribution is 2.40. The van der Waals surface area contributed by atoms with Crippen LogP contribution < -0.4 is 18.9 Å². The van der Waals surface area contributed by atoms with Crippen LogP contribution in [-0.2, 0) is 38.1 Å². The lowest BCUT2D eigenvalue weighted by Crippen LogP contribution is -2.28. The molecule has 0 radical (unpaired) electrons. The summed E-state index contributed by atoms with van der Waals surface area (Å²) in [5.41, 5.74) is 8.37. The molecule has 0 spiro atoms. The van der Waals surface area contributed by atoms with Crippen LogP contribution in [0.4, 0.5) is 0 Å². The number of carbonyl (C=O) groups excluding carboxylic acids is 4. The highest BCUT2D eigenvalue weighted by molar-refractivity contribution is 6.39. The summed E-state index contributed by atoms with van der Waals surface area (Å²) in [7, 11) is 4.66. The molecule has 0 aliphatic carbocycles. The fourth-order valence-corrected chi connectivity index (χ4v) is 8.75. The number of ether oxygens (including phenoxy) is 8. The Kier molecular flexibility index (Phi) is 17.1.